The van der Waals surface area contributed by atoms with Crippen molar-refractivity contribution < 1.29 is 4.79 Å². The largest absolute Gasteiger partial charge is 0.287 e. The number of pyridine rings is 2. The van der Waals surface area contributed by atoms with E-state index >= 15 is 0 Å². The Labute approximate surface area is 162 Å². The van der Waals surface area contributed by atoms with E-state index in [1.165, 1.54) is 4.68 Å². The fourth-order valence-corrected chi connectivity index (χ4v) is 3.37. The Kier molecular flexibility index (Phi) is 4.49. The fraction of sp³-hybridized carbons (Fsp3) is 0.0870. The minimum atomic E-state index is -0.247. The van der Waals surface area contributed by atoms with E-state index in [1.807, 2.05) is 49.4 Å². The minimum absolute atomic E-state index is 0.219. The lowest BCUT2D eigenvalue weighted by Crippen LogP contribution is -2.40. The third-order valence-electron chi connectivity index (χ3n) is 4.78. The van der Waals surface area contributed by atoms with Gasteiger partial charge in [-0.3, -0.25) is 14.6 Å². The first-order chi connectivity index (χ1) is 13.6. The Bertz CT molecular complexity index is 1220. The third-order valence-corrected chi connectivity index (χ3v) is 4.78. The number of benzene rings is 2. The molecule has 0 saturated heterocycles. The van der Waals surface area contributed by atoms with Crippen LogP contribution < -0.4 is 10.6 Å². The number of hydrogen-bond acceptors (Lipinski definition) is 4. The number of fused-ring (bicyclic) bond motifs is 1. The van der Waals surface area contributed by atoms with Crippen LogP contribution in [0.4, 0.5) is 5.82 Å². The highest BCUT2D eigenvalue weighted by Crippen LogP contribution is 2.20. The zero-order valence-electron chi connectivity index (χ0n) is 15.7. The predicted octanol–water partition coefficient (Wildman–Crippen LogP) is 3.84. The molecule has 2 heterocycles. The summed E-state index contributed by atoms with van der Waals surface area (Å²) in [6.07, 6.45) is 1.65. The van der Waals surface area contributed by atoms with Crippen LogP contribution in [-0.2, 0) is 0 Å². The second kappa shape index (κ2) is 7.12. The number of hydrogen-bond donors (Lipinski definition) is 0. The second-order valence-electron chi connectivity index (χ2n) is 6.59. The van der Waals surface area contributed by atoms with Crippen molar-refractivity contribution in [2.45, 2.75) is 6.92 Å². The Hall–Kier alpha value is -3.73. The van der Waals surface area contributed by atoms with E-state index in [0.717, 1.165) is 10.9 Å². The Balaban J connectivity index is 2.03. The van der Waals surface area contributed by atoms with Gasteiger partial charge < -0.3 is 0 Å². The quantitative estimate of drug-likeness (QED) is 0.513. The summed E-state index contributed by atoms with van der Waals surface area (Å²) in [5, 5.41) is 2.95. The molecule has 4 aromatic rings. The van der Waals surface area contributed by atoms with Gasteiger partial charge in [0.25, 0.3) is 5.56 Å². The van der Waals surface area contributed by atoms with Crippen LogP contribution in [0.15, 0.2) is 83.8 Å². The molecule has 5 nitrogen and oxygen atoms in total. The van der Waals surface area contributed by atoms with Gasteiger partial charge in [0.05, 0.1) is 5.39 Å². The summed E-state index contributed by atoms with van der Waals surface area (Å²) in [7, 11) is 1.73. The fourth-order valence-electron chi connectivity index (χ4n) is 3.37. The van der Waals surface area contributed by atoms with Crippen molar-refractivity contribution in [1.29, 1.82) is 0 Å². The molecule has 0 amide bonds. The van der Waals surface area contributed by atoms with Crippen LogP contribution in [0.3, 0.4) is 0 Å². The molecule has 4 rings (SSSR count). The van der Waals surface area contributed by atoms with Crippen molar-refractivity contribution in [3.05, 3.63) is 106 Å². The average Bonchev–Trinajstić information content (AvgIpc) is 2.74. The molecule has 0 aliphatic rings. The van der Waals surface area contributed by atoms with Crippen LogP contribution in [0.25, 0.3) is 10.8 Å². The van der Waals surface area contributed by atoms with Crippen molar-refractivity contribution in [2.24, 2.45) is 0 Å². The molecule has 0 aliphatic heterocycles. The molecule has 2 aromatic heterocycles. The van der Waals surface area contributed by atoms with Crippen LogP contribution in [0.2, 0.25) is 0 Å². The van der Waals surface area contributed by atoms with Gasteiger partial charge in [0, 0.05) is 18.8 Å². The number of anilines is 1. The number of carbonyl (C=O) groups excluding carboxylic acids is 1. The van der Waals surface area contributed by atoms with Crippen LogP contribution >= 0.6 is 0 Å². The number of ketones is 1. The molecule has 0 atom stereocenters. The first-order valence-corrected chi connectivity index (χ1v) is 8.98. The third kappa shape index (κ3) is 2.97. The average molecular weight is 369 g/mol. The summed E-state index contributed by atoms with van der Waals surface area (Å²) in [4.78, 5) is 31.1. The van der Waals surface area contributed by atoms with Crippen LogP contribution in [0.5, 0.6) is 0 Å². The highest BCUT2D eigenvalue weighted by molar-refractivity contribution is 6.09. The molecular weight excluding hydrogens is 350 g/mol. The van der Waals surface area contributed by atoms with E-state index in [-0.39, 0.29) is 11.3 Å². The topological polar surface area (TPSA) is 55.2 Å². The summed E-state index contributed by atoms with van der Waals surface area (Å²) in [5.41, 5.74) is 1.44. The van der Waals surface area contributed by atoms with E-state index in [2.05, 4.69) is 4.98 Å². The molecule has 0 N–H and O–H groups in total. The summed E-state index contributed by atoms with van der Waals surface area (Å²) in [6, 6.07) is 21.8. The van der Waals surface area contributed by atoms with Gasteiger partial charge in [-0.05, 0) is 36.1 Å². The molecule has 5 heteroatoms. The van der Waals surface area contributed by atoms with Crippen molar-refractivity contribution in [2.75, 3.05) is 12.1 Å². The predicted molar refractivity (Wildman–Crippen MR) is 111 cm³/mol. The maximum absolute atomic E-state index is 13.5. The Morgan fingerprint density at radius 2 is 1.71 bits per heavy atom. The monoisotopic (exact) mass is 369 g/mol. The lowest BCUT2D eigenvalue weighted by atomic mass is 10.0. The maximum atomic E-state index is 13.5. The molecule has 0 spiro atoms. The second-order valence-corrected chi connectivity index (χ2v) is 6.59. The molecule has 0 bridgehead atoms. The normalized spacial score (nSPS) is 10.8. The van der Waals surface area contributed by atoms with E-state index in [4.69, 9.17) is 0 Å². The molecular formula is C23H19N3O2. The van der Waals surface area contributed by atoms with Crippen molar-refractivity contribution in [3.63, 3.8) is 0 Å². The molecule has 2 aromatic carbocycles. The molecule has 0 aliphatic carbocycles. The van der Waals surface area contributed by atoms with Gasteiger partial charge >= 0.3 is 0 Å². The van der Waals surface area contributed by atoms with Crippen molar-refractivity contribution in [1.82, 2.24) is 9.66 Å². The van der Waals surface area contributed by atoms with E-state index in [1.54, 1.807) is 48.6 Å². The molecule has 0 radical (unpaired) electrons. The van der Waals surface area contributed by atoms with Gasteiger partial charge in [0.1, 0.15) is 11.5 Å². The number of carbonyl (C=O) groups is 1. The molecule has 0 unspecified atom stereocenters. The molecule has 0 saturated carbocycles. The zero-order chi connectivity index (χ0) is 19.7. The molecule has 138 valence electrons. The Morgan fingerprint density at radius 1 is 0.964 bits per heavy atom. The van der Waals surface area contributed by atoms with E-state index < -0.39 is 0 Å². The minimum Gasteiger partial charge on any atom is -0.287 e. The SMILES string of the molecule is Cc1cccc2cc(C(=O)c3ccccc3)n(N(C)c3ccccn3)c(=O)c12. The number of rotatable bonds is 4. The maximum Gasteiger partial charge on any atom is 0.278 e. The first-order valence-electron chi connectivity index (χ1n) is 8.98. The number of aromatic nitrogens is 2. The zero-order valence-corrected chi connectivity index (χ0v) is 15.7. The highest BCUT2D eigenvalue weighted by atomic mass is 16.1. The van der Waals surface area contributed by atoms with E-state index in [0.29, 0.717) is 22.5 Å². The highest BCUT2D eigenvalue weighted by Gasteiger charge is 2.21. The van der Waals surface area contributed by atoms with Gasteiger partial charge in [-0.25, -0.2) is 9.66 Å². The van der Waals surface area contributed by atoms with Gasteiger partial charge in [0.15, 0.2) is 0 Å². The summed E-state index contributed by atoms with van der Waals surface area (Å²) >= 11 is 0. The molecule has 28 heavy (non-hydrogen) atoms. The Morgan fingerprint density at radius 3 is 2.43 bits per heavy atom. The smallest absolute Gasteiger partial charge is 0.278 e. The molecule has 0 fully saturated rings. The summed E-state index contributed by atoms with van der Waals surface area (Å²) in [6.45, 7) is 1.90. The lowest BCUT2D eigenvalue weighted by molar-refractivity contribution is 0.102. The first kappa shape index (κ1) is 17.7. The van der Waals surface area contributed by atoms with Crippen LogP contribution in [0, 0.1) is 6.92 Å². The standard InChI is InChI=1S/C23H19N3O2/c1-16-9-8-12-18-15-19(22(27)17-10-4-3-5-11-17)26(23(28)21(16)18)25(2)20-13-6-7-14-24-20/h3-15H,1-2H3. The van der Waals surface area contributed by atoms with Gasteiger partial charge in [-0.2, -0.15) is 0 Å². The number of nitrogens with zero attached hydrogens (tertiary/aromatic N) is 3. The van der Waals surface area contributed by atoms with Crippen LogP contribution in [-0.4, -0.2) is 22.5 Å². The van der Waals surface area contributed by atoms with Gasteiger partial charge in [-0.1, -0.05) is 54.6 Å². The summed E-state index contributed by atoms with van der Waals surface area (Å²) < 4.78 is 1.41. The van der Waals surface area contributed by atoms with Gasteiger partial charge in [0.2, 0.25) is 5.78 Å². The van der Waals surface area contributed by atoms with Crippen molar-refractivity contribution in [3.8, 4) is 0 Å². The number of aryl methyl sites for hydroxylation is 1. The van der Waals surface area contributed by atoms with E-state index in [9.17, 15) is 9.59 Å². The van der Waals surface area contributed by atoms with Crippen molar-refractivity contribution >= 4 is 22.4 Å². The lowest BCUT2D eigenvalue weighted by Gasteiger charge is -2.24. The summed E-state index contributed by atoms with van der Waals surface area (Å²) in [5.74, 6) is 0.350. The van der Waals surface area contributed by atoms with Crippen LogP contribution in [0.1, 0.15) is 21.6 Å². The van der Waals surface area contributed by atoms with Gasteiger partial charge in [-0.15, -0.1) is 0 Å².